The van der Waals surface area contributed by atoms with Crippen molar-refractivity contribution in [1.82, 2.24) is 10.6 Å². The number of carbonyl (C=O) groups is 1. The predicted molar refractivity (Wildman–Crippen MR) is 105 cm³/mol. The number of urea groups is 1. The fourth-order valence-corrected chi connectivity index (χ4v) is 3.41. The van der Waals surface area contributed by atoms with Gasteiger partial charge < -0.3 is 20.3 Å². The van der Waals surface area contributed by atoms with Crippen molar-refractivity contribution in [1.29, 1.82) is 0 Å². The number of rotatable bonds is 6. The summed E-state index contributed by atoms with van der Waals surface area (Å²) in [6.45, 7) is 5.20. The number of aryl methyl sites for hydroxylation is 1. The molecule has 1 unspecified atom stereocenters. The number of anilines is 1. The predicted octanol–water partition coefficient (Wildman–Crippen LogP) is 3.33. The Labute approximate surface area is 155 Å². The molecule has 0 radical (unpaired) electrons. The first-order valence-corrected chi connectivity index (χ1v) is 9.11. The number of ether oxygens (including phenoxy) is 1. The van der Waals surface area contributed by atoms with Gasteiger partial charge in [0.1, 0.15) is 5.75 Å². The Morgan fingerprint density at radius 2 is 2.04 bits per heavy atom. The molecule has 0 bridgehead atoms. The molecule has 0 saturated carbocycles. The number of benzene rings is 2. The molecular weight excluding hydrogens is 326 g/mol. The Morgan fingerprint density at radius 3 is 2.85 bits per heavy atom. The van der Waals surface area contributed by atoms with E-state index in [0.717, 1.165) is 36.5 Å². The zero-order valence-electron chi connectivity index (χ0n) is 15.5. The lowest BCUT2D eigenvalue weighted by molar-refractivity contribution is 0.239. The summed E-state index contributed by atoms with van der Waals surface area (Å²) in [5.74, 6) is 1.35. The molecule has 2 N–H and O–H groups in total. The molecule has 138 valence electrons. The molecule has 2 aromatic rings. The second kappa shape index (κ2) is 8.61. The van der Waals surface area contributed by atoms with Crippen molar-refractivity contribution >= 4 is 11.7 Å². The summed E-state index contributed by atoms with van der Waals surface area (Å²) in [6, 6.07) is 16.1. The average molecular weight is 353 g/mol. The van der Waals surface area contributed by atoms with Crippen LogP contribution in [0.25, 0.3) is 0 Å². The SMILES string of the molecule is COc1ccccc1N1CCC(CNC(=O)NCc2cccc(C)c2)C1. The standard InChI is InChI=1S/C21H27N3O2/c1-16-6-5-7-17(12-16)13-22-21(25)23-14-18-10-11-24(15-18)19-8-3-4-9-20(19)26-2/h3-9,12,18H,10-11,13-15H2,1-2H3,(H2,22,23,25). The molecule has 0 spiro atoms. The normalized spacial score (nSPS) is 16.4. The fourth-order valence-electron chi connectivity index (χ4n) is 3.41. The van der Waals surface area contributed by atoms with Gasteiger partial charge >= 0.3 is 6.03 Å². The zero-order valence-corrected chi connectivity index (χ0v) is 15.5. The van der Waals surface area contributed by atoms with E-state index < -0.39 is 0 Å². The van der Waals surface area contributed by atoms with E-state index >= 15 is 0 Å². The van der Waals surface area contributed by atoms with Crippen LogP contribution in [0.15, 0.2) is 48.5 Å². The van der Waals surface area contributed by atoms with Gasteiger partial charge in [-0.1, -0.05) is 42.0 Å². The molecule has 5 heteroatoms. The van der Waals surface area contributed by atoms with E-state index in [1.54, 1.807) is 7.11 Å². The van der Waals surface area contributed by atoms with Gasteiger partial charge in [0.25, 0.3) is 0 Å². The van der Waals surface area contributed by atoms with Gasteiger partial charge in [-0.3, -0.25) is 0 Å². The molecule has 1 aliphatic heterocycles. The number of amides is 2. The zero-order chi connectivity index (χ0) is 18.4. The van der Waals surface area contributed by atoms with Crippen molar-refractivity contribution in [3.63, 3.8) is 0 Å². The summed E-state index contributed by atoms with van der Waals surface area (Å²) in [7, 11) is 1.70. The van der Waals surface area contributed by atoms with Crippen molar-refractivity contribution in [3.8, 4) is 5.75 Å². The molecule has 1 atom stereocenters. The summed E-state index contributed by atoms with van der Waals surface area (Å²) >= 11 is 0. The molecule has 2 amide bonds. The van der Waals surface area contributed by atoms with Gasteiger partial charge in [-0.2, -0.15) is 0 Å². The highest BCUT2D eigenvalue weighted by molar-refractivity contribution is 5.73. The Bertz CT molecular complexity index is 748. The third-order valence-electron chi connectivity index (χ3n) is 4.80. The third-order valence-corrected chi connectivity index (χ3v) is 4.80. The van der Waals surface area contributed by atoms with E-state index in [9.17, 15) is 4.79 Å². The lowest BCUT2D eigenvalue weighted by Crippen LogP contribution is -2.38. The van der Waals surface area contributed by atoms with Gasteiger partial charge in [-0.25, -0.2) is 4.79 Å². The number of hydrogen-bond acceptors (Lipinski definition) is 3. The first kappa shape index (κ1) is 18.1. The minimum Gasteiger partial charge on any atom is -0.495 e. The van der Waals surface area contributed by atoms with Gasteiger partial charge in [0.15, 0.2) is 0 Å². The van der Waals surface area contributed by atoms with E-state index in [2.05, 4.69) is 40.7 Å². The number of para-hydroxylation sites is 2. The summed E-state index contributed by atoms with van der Waals surface area (Å²) in [6.07, 6.45) is 1.07. The van der Waals surface area contributed by atoms with Crippen LogP contribution in [0.4, 0.5) is 10.5 Å². The molecule has 1 saturated heterocycles. The highest BCUT2D eigenvalue weighted by atomic mass is 16.5. The smallest absolute Gasteiger partial charge is 0.315 e. The third kappa shape index (κ3) is 4.69. The Balaban J connectivity index is 1.43. The Hall–Kier alpha value is -2.69. The molecule has 3 rings (SSSR count). The molecule has 1 fully saturated rings. The molecule has 26 heavy (non-hydrogen) atoms. The van der Waals surface area contributed by atoms with Crippen molar-refractivity contribution in [3.05, 3.63) is 59.7 Å². The molecular formula is C21H27N3O2. The fraction of sp³-hybridized carbons (Fsp3) is 0.381. The second-order valence-electron chi connectivity index (χ2n) is 6.83. The number of methoxy groups -OCH3 is 1. The van der Waals surface area contributed by atoms with Gasteiger partial charge in [-0.05, 0) is 37.0 Å². The summed E-state index contributed by atoms with van der Waals surface area (Å²) in [4.78, 5) is 14.4. The number of nitrogens with one attached hydrogen (secondary N) is 2. The Kier molecular flexibility index (Phi) is 6.00. The van der Waals surface area contributed by atoms with Crippen LogP contribution < -0.4 is 20.3 Å². The van der Waals surface area contributed by atoms with Gasteiger partial charge in [0.2, 0.25) is 0 Å². The summed E-state index contributed by atoms with van der Waals surface area (Å²) in [5.41, 5.74) is 3.44. The molecule has 1 aliphatic rings. The average Bonchev–Trinajstić information content (AvgIpc) is 3.13. The summed E-state index contributed by atoms with van der Waals surface area (Å²) in [5, 5.41) is 5.93. The Morgan fingerprint density at radius 1 is 1.19 bits per heavy atom. The molecule has 5 nitrogen and oxygen atoms in total. The van der Waals surface area contributed by atoms with Crippen LogP contribution in [0.1, 0.15) is 17.5 Å². The van der Waals surface area contributed by atoms with Crippen molar-refractivity contribution in [2.75, 3.05) is 31.6 Å². The molecule has 1 heterocycles. The van der Waals surface area contributed by atoms with Crippen molar-refractivity contribution in [2.45, 2.75) is 19.9 Å². The van der Waals surface area contributed by atoms with Gasteiger partial charge in [0, 0.05) is 26.2 Å². The van der Waals surface area contributed by atoms with Crippen LogP contribution in [0.2, 0.25) is 0 Å². The largest absolute Gasteiger partial charge is 0.495 e. The topological polar surface area (TPSA) is 53.6 Å². The molecule has 0 aromatic heterocycles. The van der Waals surface area contributed by atoms with Crippen LogP contribution >= 0.6 is 0 Å². The minimum absolute atomic E-state index is 0.109. The first-order valence-electron chi connectivity index (χ1n) is 9.11. The van der Waals surface area contributed by atoms with Crippen molar-refractivity contribution in [2.24, 2.45) is 5.92 Å². The maximum Gasteiger partial charge on any atom is 0.315 e. The lowest BCUT2D eigenvalue weighted by atomic mass is 10.1. The number of carbonyl (C=O) groups excluding carboxylic acids is 1. The number of nitrogens with zero attached hydrogens (tertiary/aromatic N) is 1. The van der Waals surface area contributed by atoms with E-state index in [0.29, 0.717) is 19.0 Å². The first-order chi connectivity index (χ1) is 12.7. The van der Waals surface area contributed by atoms with Crippen LogP contribution in [-0.4, -0.2) is 32.8 Å². The van der Waals surface area contributed by atoms with Crippen molar-refractivity contribution < 1.29 is 9.53 Å². The van der Waals surface area contributed by atoms with Crippen LogP contribution in [0, 0.1) is 12.8 Å². The van der Waals surface area contributed by atoms with Gasteiger partial charge in [-0.15, -0.1) is 0 Å². The van der Waals surface area contributed by atoms with Crippen LogP contribution in [-0.2, 0) is 6.54 Å². The number of hydrogen-bond donors (Lipinski definition) is 2. The van der Waals surface area contributed by atoms with Crippen LogP contribution in [0.5, 0.6) is 5.75 Å². The van der Waals surface area contributed by atoms with Gasteiger partial charge in [0.05, 0.1) is 12.8 Å². The minimum atomic E-state index is -0.109. The second-order valence-corrected chi connectivity index (χ2v) is 6.83. The van der Waals surface area contributed by atoms with Crippen LogP contribution in [0.3, 0.4) is 0 Å². The monoisotopic (exact) mass is 353 g/mol. The van der Waals surface area contributed by atoms with E-state index in [4.69, 9.17) is 4.74 Å². The summed E-state index contributed by atoms with van der Waals surface area (Å²) < 4.78 is 5.45. The molecule has 2 aromatic carbocycles. The van der Waals surface area contributed by atoms with E-state index in [1.807, 2.05) is 30.3 Å². The highest BCUT2D eigenvalue weighted by Crippen LogP contribution is 2.31. The maximum atomic E-state index is 12.1. The maximum absolute atomic E-state index is 12.1. The van der Waals surface area contributed by atoms with E-state index in [1.165, 1.54) is 5.56 Å². The highest BCUT2D eigenvalue weighted by Gasteiger charge is 2.24. The van der Waals surface area contributed by atoms with E-state index in [-0.39, 0.29) is 6.03 Å². The lowest BCUT2D eigenvalue weighted by Gasteiger charge is -2.21. The molecule has 0 aliphatic carbocycles. The quantitative estimate of drug-likeness (QED) is 0.838.